The van der Waals surface area contributed by atoms with E-state index < -0.39 is 10.0 Å². The van der Waals surface area contributed by atoms with Gasteiger partial charge in [0.15, 0.2) is 0 Å². The zero-order valence-corrected chi connectivity index (χ0v) is 17.0. The van der Waals surface area contributed by atoms with Gasteiger partial charge in [0.25, 0.3) is 0 Å². The number of hydrogen-bond acceptors (Lipinski definition) is 5. The third kappa shape index (κ3) is 4.53. The molecule has 1 aromatic carbocycles. The predicted octanol–water partition coefficient (Wildman–Crippen LogP) is 1.81. The van der Waals surface area contributed by atoms with Crippen molar-refractivity contribution in [2.45, 2.75) is 23.8 Å². The molecule has 2 N–H and O–H groups in total. The van der Waals surface area contributed by atoms with Gasteiger partial charge in [0.2, 0.25) is 15.9 Å². The predicted molar refractivity (Wildman–Crippen MR) is 109 cm³/mol. The van der Waals surface area contributed by atoms with E-state index in [0.717, 1.165) is 25.1 Å². The molecule has 1 amide bonds. The summed E-state index contributed by atoms with van der Waals surface area (Å²) in [4.78, 5) is 18.2. The second kappa shape index (κ2) is 8.66. The van der Waals surface area contributed by atoms with Crippen LogP contribution in [0.1, 0.15) is 24.6 Å². The van der Waals surface area contributed by atoms with Gasteiger partial charge in [-0.15, -0.1) is 0 Å². The summed E-state index contributed by atoms with van der Waals surface area (Å²) >= 11 is 0. The SMILES string of the molecule is O=C(CN1CCCC1c1ccc[nH]1)Nc1cccc(S(=O)(=O)N2CCOCC2)c1. The van der Waals surface area contributed by atoms with Crippen molar-refractivity contribution in [3.8, 4) is 0 Å². The molecular formula is C20H26N4O4S. The van der Waals surface area contributed by atoms with Crippen LogP contribution in [-0.4, -0.2) is 67.9 Å². The molecule has 0 aliphatic carbocycles. The number of hydrogen-bond donors (Lipinski definition) is 2. The third-order valence-corrected chi connectivity index (χ3v) is 7.31. The van der Waals surface area contributed by atoms with E-state index in [1.807, 2.05) is 18.3 Å². The second-order valence-corrected chi connectivity index (χ2v) is 9.28. The summed E-state index contributed by atoms with van der Waals surface area (Å²) in [7, 11) is -3.59. The van der Waals surface area contributed by atoms with Crippen molar-refractivity contribution >= 4 is 21.6 Å². The Morgan fingerprint density at radius 1 is 1.17 bits per heavy atom. The number of aromatic amines is 1. The van der Waals surface area contributed by atoms with Gasteiger partial charge in [-0.05, 0) is 49.7 Å². The zero-order chi connectivity index (χ0) is 20.3. The van der Waals surface area contributed by atoms with Crippen LogP contribution in [-0.2, 0) is 19.6 Å². The molecule has 1 aromatic heterocycles. The van der Waals surface area contributed by atoms with Crippen LogP contribution >= 0.6 is 0 Å². The lowest BCUT2D eigenvalue weighted by Crippen LogP contribution is -2.40. The Labute approximate surface area is 170 Å². The Kier molecular flexibility index (Phi) is 6.00. The highest BCUT2D eigenvalue weighted by Crippen LogP contribution is 2.30. The number of carbonyl (C=O) groups is 1. The average Bonchev–Trinajstić information content (AvgIpc) is 3.40. The molecule has 0 spiro atoms. The molecule has 2 aliphatic heterocycles. The third-order valence-electron chi connectivity index (χ3n) is 5.42. The van der Waals surface area contributed by atoms with Gasteiger partial charge in [-0.25, -0.2) is 8.42 Å². The van der Waals surface area contributed by atoms with Gasteiger partial charge in [-0.3, -0.25) is 9.69 Å². The summed E-state index contributed by atoms with van der Waals surface area (Å²) in [6.07, 6.45) is 3.96. The lowest BCUT2D eigenvalue weighted by atomic mass is 10.1. The molecule has 9 heteroatoms. The van der Waals surface area contributed by atoms with Crippen LogP contribution in [0.2, 0.25) is 0 Å². The molecule has 8 nitrogen and oxygen atoms in total. The molecule has 2 fully saturated rings. The van der Waals surface area contributed by atoms with Crippen molar-refractivity contribution in [3.63, 3.8) is 0 Å². The highest BCUT2D eigenvalue weighted by molar-refractivity contribution is 7.89. The van der Waals surface area contributed by atoms with Gasteiger partial charge in [0.05, 0.1) is 30.7 Å². The van der Waals surface area contributed by atoms with Crippen molar-refractivity contribution in [1.82, 2.24) is 14.2 Å². The quantitative estimate of drug-likeness (QED) is 0.746. The molecule has 156 valence electrons. The van der Waals surface area contributed by atoms with Crippen molar-refractivity contribution in [2.75, 3.05) is 44.7 Å². The van der Waals surface area contributed by atoms with Crippen molar-refractivity contribution in [3.05, 3.63) is 48.3 Å². The van der Waals surface area contributed by atoms with Gasteiger partial charge in [-0.1, -0.05) is 6.07 Å². The van der Waals surface area contributed by atoms with Crippen LogP contribution in [0.5, 0.6) is 0 Å². The highest BCUT2D eigenvalue weighted by Gasteiger charge is 2.29. The van der Waals surface area contributed by atoms with E-state index in [0.29, 0.717) is 32.0 Å². The van der Waals surface area contributed by atoms with Crippen molar-refractivity contribution in [2.24, 2.45) is 0 Å². The number of benzene rings is 1. The van der Waals surface area contributed by atoms with Crippen LogP contribution < -0.4 is 5.32 Å². The Hall–Kier alpha value is -2.20. The molecule has 3 heterocycles. The Morgan fingerprint density at radius 3 is 2.76 bits per heavy atom. The fraction of sp³-hybridized carbons (Fsp3) is 0.450. The molecule has 2 aliphatic rings. The molecule has 2 aromatic rings. The van der Waals surface area contributed by atoms with Gasteiger partial charge >= 0.3 is 0 Å². The summed E-state index contributed by atoms with van der Waals surface area (Å²) in [5.41, 5.74) is 1.61. The number of nitrogens with zero attached hydrogens (tertiary/aromatic N) is 2. The van der Waals surface area contributed by atoms with Crippen molar-refractivity contribution < 1.29 is 17.9 Å². The Morgan fingerprint density at radius 2 is 2.00 bits per heavy atom. The molecular weight excluding hydrogens is 392 g/mol. The standard InChI is InChI=1S/C20H26N4O4S/c25-20(15-23-9-3-7-19(23)18-6-2-8-21-18)22-16-4-1-5-17(14-16)29(26,27)24-10-12-28-13-11-24/h1-2,4-6,8,14,19,21H,3,7,9-13,15H2,(H,22,25). The van der Waals surface area contributed by atoms with Crippen LogP contribution in [0.4, 0.5) is 5.69 Å². The maximum Gasteiger partial charge on any atom is 0.243 e. The number of ether oxygens (including phenoxy) is 1. The van der Waals surface area contributed by atoms with Gasteiger partial charge in [0.1, 0.15) is 0 Å². The summed E-state index contributed by atoms with van der Waals surface area (Å²) in [6, 6.07) is 10.7. The van der Waals surface area contributed by atoms with Crippen LogP contribution in [0.15, 0.2) is 47.5 Å². The summed E-state index contributed by atoms with van der Waals surface area (Å²) in [5.74, 6) is -0.149. The minimum atomic E-state index is -3.59. The molecule has 29 heavy (non-hydrogen) atoms. The number of nitrogens with one attached hydrogen (secondary N) is 2. The Bertz CT molecular complexity index is 939. The number of morpholine rings is 1. The van der Waals surface area contributed by atoms with E-state index >= 15 is 0 Å². The van der Waals surface area contributed by atoms with Gasteiger partial charge in [0, 0.05) is 30.7 Å². The van der Waals surface area contributed by atoms with E-state index in [2.05, 4.69) is 15.2 Å². The highest BCUT2D eigenvalue weighted by atomic mass is 32.2. The lowest BCUT2D eigenvalue weighted by Gasteiger charge is -2.26. The minimum absolute atomic E-state index is 0.149. The minimum Gasteiger partial charge on any atom is -0.379 e. The number of carbonyl (C=O) groups excluding carboxylic acids is 1. The molecule has 0 saturated carbocycles. The van der Waals surface area contributed by atoms with Crippen LogP contribution in [0, 0.1) is 0 Å². The first kappa shape index (κ1) is 20.1. The van der Waals surface area contributed by atoms with E-state index in [1.54, 1.807) is 18.2 Å². The number of rotatable bonds is 6. The first-order chi connectivity index (χ1) is 14.0. The average molecular weight is 419 g/mol. The first-order valence-electron chi connectivity index (χ1n) is 9.89. The summed E-state index contributed by atoms with van der Waals surface area (Å²) in [5, 5.41) is 2.85. The number of H-pyrrole nitrogens is 1. The smallest absolute Gasteiger partial charge is 0.243 e. The van der Waals surface area contributed by atoms with Crippen LogP contribution in [0.3, 0.4) is 0 Å². The maximum absolute atomic E-state index is 12.8. The largest absolute Gasteiger partial charge is 0.379 e. The first-order valence-corrected chi connectivity index (χ1v) is 11.3. The van der Waals surface area contributed by atoms with E-state index in [-0.39, 0.29) is 23.4 Å². The van der Waals surface area contributed by atoms with Crippen molar-refractivity contribution in [1.29, 1.82) is 0 Å². The summed E-state index contributed by atoms with van der Waals surface area (Å²) in [6.45, 7) is 2.61. The fourth-order valence-electron chi connectivity index (χ4n) is 3.97. The van der Waals surface area contributed by atoms with E-state index in [4.69, 9.17) is 4.74 Å². The zero-order valence-electron chi connectivity index (χ0n) is 16.2. The molecule has 0 bridgehead atoms. The van der Waals surface area contributed by atoms with Gasteiger partial charge in [-0.2, -0.15) is 4.31 Å². The fourth-order valence-corrected chi connectivity index (χ4v) is 5.43. The number of sulfonamides is 1. The molecule has 1 unspecified atom stereocenters. The molecule has 4 rings (SSSR count). The van der Waals surface area contributed by atoms with Gasteiger partial charge < -0.3 is 15.0 Å². The van der Waals surface area contributed by atoms with Crippen LogP contribution in [0.25, 0.3) is 0 Å². The second-order valence-electron chi connectivity index (χ2n) is 7.35. The van der Waals surface area contributed by atoms with E-state index in [1.165, 1.54) is 10.4 Å². The number of likely N-dealkylation sites (tertiary alicyclic amines) is 1. The molecule has 2 saturated heterocycles. The Balaban J connectivity index is 1.42. The lowest BCUT2D eigenvalue weighted by molar-refractivity contribution is -0.117. The summed E-state index contributed by atoms with van der Waals surface area (Å²) < 4.78 is 32.3. The monoisotopic (exact) mass is 418 g/mol. The number of amides is 1. The van der Waals surface area contributed by atoms with E-state index in [9.17, 15) is 13.2 Å². The molecule has 1 atom stereocenters. The topological polar surface area (TPSA) is 94.7 Å². The number of anilines is 1. The molecule has 0 radical (unpaired) electrons. The normalized spacial score (nSPS) is 21.3. The maximum atomic E-state index is 12.8. The number of aromatic nitrogens is 1.